The first-order valence-electron chi connectivity index (χ1n) is 4.21. The molecule has 16 heavy (non-hydrogen) atoms. The summed E-state index contributed by atoms with van der Waals surface area (Å²) in [6, 6.07) is -0.759. The molecular formula is C8H12N2O5S. The Morgan fingerprint density at radius 3 is 2.44 bits per heavy atom. The van der Waals surface area contributed by atoms with Crippen LogP contribution in [0.5, 0.6) is 0 Å². The van der Waals surface area contributed by atoms with E-state index in [4.69, 9.17) is 5.11 Å². The van der Waals surface area contributed by atoms with E-state index >= 15 is 0 Å². The predicted molar refractivity (Wildman–Crippen MR) is 57.3 cm³/mol. The highest BCUT2D eigenvalue weighted by Crippen LogP contribution is 1.76. The maximum absolute atomic E-state index is 11.0. The number of carbonyl (C=O) groups is 3. The fourth-order valence-electron chi connectivity index (χ4n) is 0.653. The van der Waals surface area contributed by atoms with E-state index in [1.54, 1.807) is 0 Å². The van der Waals surface area contributed by atoms with Gasteiger partial charge in [-0.3, -0.25) is 14.3 Å². The zero-order chi connectivity index (χ0) is 12.6. The second-order valence-corrected chi connectivity index (χ2v) is 4.25. The van der Waals surface area contributed by atoms with Crippen molar-refractivity contribution in [1.29, 1.82) is 0 Å². The van der Waals surface area contributed by atoms with Gasteiger partial charge in [-0.05, 0) is 0 Å². The third kappa shape index (κ3) is 8.88. The third-order valence-electron chi connectivity index (χ3n) is 1.29. The summed E-state index contributed by atoms with van der Waals surface area (Å²) in [6.45, 7) is 0.171. The summed E-state index contributed by atoms with van der Waals surface area (Å²) in [6.07, 6.45) is 2.82. The van der Waals surface area contributed by atoms with Gasteiger partial charge in [0.05, 0.1) is 0 Å². The van der Waals surface area contributed by atoms with Crippen LogP contribution in [0.15, 0.2) is 12.2 Å². The normalized spacial score (nSPS) is 12.1. The minimum Gasteiger partial charge on any atom is -0.478 e. The lowest BCUT2D eigenvalue weighted by atomic mass is 10.5. The van der Waals surface area contributed by atoms with Gasteiger partial charge in [0.2, 0.25) is 0 Å². The molecule has 90 valence electrons. The Kier molecular flexibility index (Phi) is 6.77. The number of carboxylic acids is 1. The fraction of sp³-hybridized carbons (Fsp3) is 0.375. The van der Waals surface area contributed by atoms with Crippen LogP contribution >= 0.6 is 0 Å². The average molecular weight is 248 g/mol. The van der Waals surface area contributed by atoms with Crippen molar-refractivity contribution in [2.45, 2.75) is 0 Å². The molecule has 7 nitrogen and oxygen atoms in total. The molecule has 0 aliphatic carbocycles. The molecule has 1 unspecified atom stereocenters. The molecular weight excluding hydrogens is 236 g/mol. The Bertz CT molecular complexity index is 339. The van der Waals surface area contributed by atoms with Crippen molar-refractivity contribution in [3.8, 4) is 0 Å². The van der Waals surface area contributed by atoms with E-state index in [9.17, 15) is 18.6 Å². The number of aliphatic carboxylic acids is 1. The average Bonchev–Trinajstić information content (AvgIpc) is 2.14. The molecule has 3 amide bonds. The summed E-state index contributed by atoms with van der Waals surface area (Å²) < 4.78 is 10.6. The lowest BCUT2D eigenvalue weighted by Crippen LogP contribution is -2.40. The van der Waals surface area contributed by atoms with Gasteiger partial charge in [0.1, 0.15) is 0 Å². The maximum Gasteiger partial charge on any atom is 0.328 e. The quantitative estimate of drug-likeness (QED) is 0.531. The number of carboxylic acid groups (broad SMARTS) is 1. The molecule has 0 heterocycles. The molecule has 0 radical (unpaired) electrons. The predicted octanol–water partition coefficient (Wildman–Crippen LogP) is -1.17. The molecule has 0 rings (SSSR count). The summed E-state index contributed by atoms with van der Waals surface area (Å²) in [4.78, 5) is 31.9. The molecule has 0 aliphatic heterocycles. The molecule has 3 N–H and O–H groups in total. The molecule has 0 aliphatic rings. The summed E-state index contributed by atoms with van der Waals surface area (Å²) in [5, 5.41) is 12.4. The number of hydrogen-bond acceptors (Lipinski definition) is 4. The Labute approximate surface area is 94.4 Å². The van der Waals surface area contributed by atoms with E-state index < -0.39 is 28.7 Å². The number of imide groups is 1. The molecule has 0 aromatic heterocycles. The van der Waals surface area contributed by atoms with Gasteiger partial charge >= 0.3 is 12.0 Å². The number of nitrogens with one attached hydrogen (secondary N) is 2. The van der Waals surface area contributed by atoms with E-state index in [0.29, 0.717) is 6.08 Å². The summed E-state index contributed by atoms with van der Waals surface area (Å²) in [7, 11) is -1.02. The molecule has 0 saturated carbocycles. The van der Waals surface area contributed by atoms with Crippen LogP contribution < -0.4 is 10.6 Å². The Hall–Kier alpha value is -1.70. The largest absolute Gasteiger partial charge is 0.478 e. The smallest absolute Gasteiger partial charge is 0.328 e. The van der Waals surface area contributed by atoms with Gasteiger partial charge in [0.15, 0.2) is 0 Å². The van der Waals surface area contributed by atoms with Crippen LogP contribution in [-0.2, 0) is 20.4 Å². The first kappa shape index (κ1) is 14.3. The second kappa shape index (κ2) is 7.57. The molecule has 8 heteroatoms. The number of hydrogen-bond donors (Lipinski definition) is 3. The van der Waals surface area contributed by atoms with Gasteiger partial charge in [-0.15, -0.1) is 0 Å². The highest BCUT2D eigenvalue weighted by molar-refractivity contribution is 7.84. The minimum absolute atomic E-state index is 0.171. The zero-order valence-corrected chi connectivity index (χ0v) is 9.37. The van der Waals surface area contributed by atoms with Gasteiger partial charge in [-0.1, -0.05) is 0 Å². The lowest BCUT2D eigenvalue weighted by molar-refractivity contribution is -0.131. The van der Waals surface area contributed by atoms with Crippen molar-refractivity contribution in [2.75, 3.05) is 18.6 Å². The van der Waals surface area contributed by atoms with Gasteiger partial charge in [-0.2, -0.15) is 0 Å². The fourth-order valence-corrected chi connectivity index (χ4v) is 1.04. The van der Waals surface area contributed by atoms with Crippen LogP contribution in [0.2, 0.25) is 0 Å². The van der Waals surface area contributed by atoms with Gasteiger partial charge in [0.25, 0.3) is 5.91 Å². The first-order chi connectivity index (χ1) is 7.41. The number of amides is 3. The topological polar surface area (TPSA) is 113 Å². The SMILES string of the molecule is CS(=O)CCNC(=O)NC(=O)/C=C/C(=O)O. The molecule has 0 spiro atoms. The number of rotatable bonds is 5. The molecule has 1 atom stereocenters. The van der Waals surface area contributed by atoms with Crippen molar-refractivity contribution in [3.63, 3.8) is 0 Å². The molecule has 0 aromatic carbocycles. The van der Waals surface area contributed by atoms with E-state index in [2.05, 4.69) is 5.32 Å². The minimum atomic E-state index is -1.28. The van der Waals surface area contributed by atoms with Gasteiger partial charge in [0, 0.05) is 41.5 Å². The lowest BCUT2D eigenvalue weighted by Gasteiger charge is -2.03. The zero-order valence-electron chi connectivity index (χ0n) is 8.56. The van der Waals surface area contributed by atoms with Crippen molar-refractivity contribution in [3.05, 3.63) is 12.2 Å². The third-order valence-corrected chi connectivity index (χ3v) is 2.07. The second-order valence-electron chi connectivity index (χ2n) is 2.69. The van der Waals surface area contributed by atoms with Crippen LogP contribution in [0.4, 0.5) is 4.79 Å². The molecule has 0 fully saturated rings. The molecule has 0 bridgehead atoms. The van der Waals surface area contributed by atoms with E-state index in [0.717, 1.165) is 6.08 Å². The molecule has 0 aromatic rings. The van der Waals surface area contributed by atoms with Crippen LogP contribution in [0.3, 0.4) is 0 Å². The van der Waals surface area contributed by atoms with Crippen molar-refractivity contribution < 1.29 is 23.7 Å². The van der Waals surface area contributed by atoms with Gasteiger partial charge < -0.3 is 10.4 Å². The standard InChI is InChI=1S/C8H12N2O5S/c1-16(15)5-4-9-8(14)10-6(11)2-3-7(12)13/h2-3H,4-5H2,1H3,(H,12,13)(H2,9,10,11,14)/b3-2+. The molecule has 0 saturated heterocycles. The van der Waals surface area contributed by atoms with Crippen LogP contribution in [0.1, 0.15) is 0 Å². The Morgan fingerprint density at radius 2 is 1.94 bits per heavy atom. The van der Waals surface area contributed by atoms with Crippen molar-refractivity contribution in [1.82, 2.24) is 10.6 Å². The number of carbonyl (C=O) groups excluding carboxylic acids is 2. The van der Waals surface area contributed by atoms with E-state index in [1.165, 1.54) is 6.26 Å². The highest BCUT2D eigenvalue weighted by atomic mass is 32.2. The van der Waals surface area contributed by atoms with Crippen LogP contribution in [-0.4, -0.2) is 45.8 Å². The number of urea groups is 1. The highest BCUT2D eigenvalue weighted by Gasteiger charge is 2.04. The van der Waals surface area contributed by atoms with Crippen LogP contribution in [0, 0.1) is 0 Å². The van der Waals surface area contributed by atoms with Crippen molar-refractivity contribution >= 4 is 28.7 Å². The van der Waals surface area contributed by atoms with E-state index in [-0.39, 0.29) is 12.3 Å². The van der Waals surface area contributed by atoms with E-state index in [1.807, 2.05) is 5.32 Å². The summed E-state index contributed by atoms with van der Waals surface area (Å²) in [5.41, 5.74) is 0. The summed E-state index contributed by atoms with van der Waals surface area (Å²) in [5.74, 6) is -1.83. The monoisotopic (exact) mass is 248 g/mol. The van der Waals surface area contributed by atoms with Crippen molar-refractivity contribution in [2.24, 2.45) is 0 Å². The first-order valence-corrected chi connectivity index (χ1v) is 5.94. The Morgan fingerprint density at radius 1 is 1.31 bits per heavy atom. The Balaban J connectivity index is 3.83. The summed E-state index contributed by atoms with van der Waals surface area (Å²) >= 11 is 0. The van der Waals surface area contributed by atoms with Crippen LogP contribution in [0.25, 0.3) is 0 Å². The van der Waals surface area contributed by atoms with Gasteiger partial charge in [-0.25, -0.2) is 9.59 Å². The maximum atomic E-state index is 11.0.